The van der Waals surface area contributed by atoms with Crippen LogP contribution in [0.4, 0.5) is 0 Å². The average molecular weight is 199 g/mol. The monoisotopic (exact) mass is 199 g/mol. The van der Waals surface area contributed by atoms with Crippen LogP contribution in [-0.2, 0) is 0 Å². The quantitative estimate of drug-likeness (QED) is 0.596. The standard InChI is InChI=1S/C9H13NO2S/c1-3-12-8-4-6-9(7-5-8)13-10(2)11/h4-7,11H,3H2,1-2H3. The van der Waals surface area contributed by atoms with Crippen molar-refractivity contribution >= 4 is 11.9 Å². The third-order valence-electron chi connectivity index (χ3n) is 1.37. The zero-order chi connectivity index (χ0) is 9.68. The molecule has 0 aliphatic carbocycles. The van der Waals surface area contributed by atoms with Crippen molar-refractivity contribution < 1.29 is 9.94 Å². The van der Waals surface area contributed by atoms with E-state index in [1.54, 1.807) is 7.05 Å². The highest BCUT2D eigenvalue weighted by atomic mass is 32.2. The number of hydrogen-bond acceptors (Lipinski definition) is 4. The molecular weight excluding hydrogens is 186 g/mol. The average Bonchev–Trinajstić information content (AvgIpc) is 2.08. The Morgan fingerprint density at radius 3 is 2.46 bits per heavy atom. The summed E-state index contributed by atoms with van der Waals surface area (Å²) in [5, 5.41) is 8.94. The van der Waals surface area contributed by atoms with Gasteiger partial charge in [-0.05, 0) is 43.1 Å². The van der Waals surface area contributed by atoms with Crippen LogP contribution in [0.3, 0.4) is 0 Å². The lowest BCUT2D eigenvalue weighted by Crippen LogP contribution is -1.99. The van der Waals surface area contributed by atoms with Crippen molar-refractivity contribution in [3.63, 3.8) is 0 Å². The van der Waals surface area contributed by atoms with Gasteiger partial charge in [0.1, 0.15) is 5.75 Å². The van der Waals surface area contributed by atoms with Gasteiger partial charge in [0.15, 0.2) is 0 Å². The molecule has 0 aromatic heterocycles. The van der Waals surface area contributed by atoms with Crippen LogP contribution in [0.2, 0.25) is 0 Å². The molecule has 0 spiro atoms. The predicted molar refractivity (Wildman–Crippen MR) is 53.0 cm³/mol. The zero-order valence-corrected chi connectivity index (χ0v) is 8.54. The van der Waals surface area contributed by atoms with Gasteiger partial charge in [-0.25, -0.2) is 0 Å². The normalized spacial score (nSPS) is 10.5. The summed E-state index contributed by atoms with van der Waals surface area (Å²) in [5.74, 6) is 0.854. The number of hydrogen-bond donors (Lipinski definition) is 1. The molecule has 1 N–H and O–H groups in total. The first-order valence-corrected chi connectivity index (χ1v) is 4.83. The fourth-order valence-electron chi connectivity index (χ4n) is 0.916. The molecule has 0 aliphatic heterocycles. The summed E-state index contributed by atoms with van der Waals surface area (Å²) in [6.07, 6.45) is 0. The largest absolute Gasteiger partial charge is 0.494 e. The Kier molecular flexibility index (Phi) is 4.08. The Balaban J connectivity index is 2.59. The van der Waals surface area contributed by atoms with E-state index in [1.165, 1.54) is 11.9 Å². The molecule has 0 aliphatic rings. The third-order valence-corrected chi connectivity index (χ3v) is 2.12. The SMILES string of the molecule is CCOc1ccc(SN(C)O)cc1. The number of benzene rings is 1. The first-order valence-electron chi connectivity index (χ1n) is 4.06. The summed E-state index contributed by atoms with van der Waals surface area (Å²) >= 11 is 1.26. The van der Waals surface area contributed by atoms with E-state index < -0.39 is 0 Å². The van der Waals surface area contributed by atoms with Gasteiger partial charge in [0.25, 0.3) is 0 Å². The smallest absolute Gasteiger partial charge is 0.119 e. The van der Waals surface area contributed by atoms with Crippen molar-refractivity contribution in [2.24, 2.45) is 0 Å². The van der Waals surface area contributed by atoms with Gasteiger partial charge in [0.2, 0.25) is 0 Å². The van der Waals surface area contributed by atoms with E-state index in [0.29, 0.717) is 6.61 Å². The van der Waals surface area contributed by atoms with Crippen LogP contribution in [-0.4, -0.2) is 23.3 Å². The molecule has 0 amide bonds. The van der Waals surface area contributed by atoms with E-state index in [0.717, 1.165) is 15.1 Å². The lowest BCUT2D eigenvalue weighted by Gasteiger charge is -2.07. The zero-order valence-electron chi connectivity index (χ0n) is 7.73. The van der Waals surface area contributed by atoms with Crippen LogP contribution in [0.25, 0.3) is 0 Å². The Bertz CT molecular complexity index is 248. The molecule has 0 saturated heterocycles. The van der Waals surface area contributed by atoms with Crippen molar-refractivity contribution in [1.82, 2.24) is 4.47 Å². The molecule has 0 saturated carbocycles. The fraction of sp³-hybridized carbons (Fsp3) is 0.333. The highest BCUT2D eigenvalue weighted by molar-refractivity contribution is 7.96. The molecule has 1 rings (SSSR count). The van der Waals surface area contributed by atoms with Gasteiger partial charge in [0.05, 0.1) is 6.61 Å². The van der Waals surface area contributed by atoms with Gasteiger partial charge in [0, 0.05) is 11.9 Å². The van der Waals surface area contributed by atoms with E-state index in [2.05, 4.69) is 0 Å². The van der Waals surface area contributed by atoms with Gasteiger partial charge in [-0.3, -0.25) is 0 Å². The first-order chi connectivity index (χ1) is 6.22. The molecule has 0 fully saturated rings. The summed E-state index contributed by atoms with van der Waals surface area (Å²) in [6, 6.07) is 7.58. The second kappa shape index (κ2) is 5.11. The van der Waals surface area contributed by atoms with Crippen molar-refractivity contribution in [2.45, 2.75) is 11.8 Å². The number of hydroxylamine groups is 1. The van der Waals surface area contributed by atoms with Crippen molar-refractivity contribution in [2.75, 3.05) is 13.7 Å². The topological polar surface area (TPSA) is 32.7 Å². The molecule has 0 heterocycles. The minimum atomic E-state index is 0.673. The highest BCUT2D eigenvalue weighted by Crippen LogP contribution is 2.22. The number of nitrogens with zero attached hydrogens (tertiary/aromatic N) is 1. The maximum Gasteiger partial charge on any atom is 0.119 e. The summed E-state index contributed by atoms with van der Waals surface area (Å²) < 4.78 is 6.35. The summed E-state index contributed by atoms with van der Waals surface area (Å²) in [5.41, 5.74) is 0. The van der Waals surface area contributed by atoms with Crippen LogP contribution < -0.4 is 4.74 Å². The van der Waals surface area contributed by atoms with E-state index in [4.69, 9.17) is 9.94 Å². The van der Waals surface area contributed by atoms with Crippen LogP contribution in [0.5, 0.6) is 5.75 Å². The molecule has 13 heavy (non-hydrogen) atoms. The van der Waals surface area contributed by atoms with Crippen LogP contribution >= 0.6 is 11.9 Å². The van der Waals surface area contributed by atoms with Gasteiger partial charge in [-0.15, -0.1) is 4.47 Å². The Labute approximate surface area is 82.4 Å². The molecule has 72 valence electrons. The summed E-state index contributed by atoms with van der Waals surface area (Å²) in [7, 11) is 1.58. The number of rotatable bonds is 4. The Hall–Kier alpha value is -0.710. The highest BCUT2D eigenvalue weighted by Gasteiger charge is 1.97. The van der Waals surface area contributed by atoms with Gasteiger partial charge < -0.3 is 9.94 Å². The Morgan fingerprint density at radius 1 is 1.38 bits per heavy atom. The van der Waals surface area contributed by atoms with Crippen molar-refractivity contribution in [1.29, 1.82) is 0 Å². The predicted octanol–water partition coefficient (Wildman–Crippen LogP) is 2.41. The number of ether oxygens (including phenoxy) is 1. The van der Waals surface area contributed by atoms with Gasteiger partial charge in [-0.1, -0.05) is 0 Å². The molecule has 0 bridgehead atoms. The molecular formula is C9H13NO2S. The molecule has 0 atom stereocenters. The maximum atomic E-state index is 8.94. The van der Waals surface area contributed by atoms with E-state index in [-0.39, 0.29) is 0 Å². The molecule has 3 nitrogen and oxygen atoms in total. The van der Waals surface area contributed by atoms with E-state index >= 15 is 0 Å². The van der Waals surface area contributed by atoms with Crippen LogP contribution in [0.15, 0.2) is 29.2 Å². The van der Waals surface area contributed by atoms with Crippen LogP contribution in [0, 0.1) is 0 Å². The molecule has 4 heteroatoms. The second-order valence-corrected chi connectivity index (χ2v) is 3.64. The fourth-order valence-corrected chi connectivity index (χ4v) is 1.48. The van der Waals surface area contributed by atoms with Crippen molar-refractivity contribution in [3.05, 3.63) is 24.3 Å². The van der Waals surface area contributed by atoms with Gasteiger partial charge >= 0.3 is 0 Å². The minimum Gasteiger partial charge on any atom is -0.494 e. The molecule has 0 radical (unpaired) electrons. The van der Waals surface area contributed by atoms with Crippen molar-refractivity contribution in [3.8, 4) is 5.75 Å². The molecule has 1 aromatic carbocycles. The Morgan fingerprint density at radius 2 is 2.00 bits per heavy atom. The maximum absolute atomic E-state index is 8.94. The van der Waals surface area contributed by atoms with Crippen LogP contribution in [0.1, 0.15) is 6.92 Å². The first kappa shape index (κ1) is 10.4. The van der Waals surface area contributed by atoms with E-state index in [1.807, 2.05) is 31.2 Å². The lowest BCUT2D eigenvalue weighted by atomic mass is 10.3. The van der Waals surface area contributed by atoms with E-state index in [9.17, 15) is 0 Å². The summed E-state index contributed by atoms with van der Waals surface area (Å²) in [4.78, 5) is 0.980. The third kappa shape index (κ3) is 3.67. The molecule has 0 unspecified atom stereocenters. The second-order valence-electron chi connectivity index (χ2n) is 2.46. The lowest BCUT2D eigenvalue weighted by molar-refractivity contribution is 0.0454. The summed E-state index contributed by atoms with van der Waals surface area (Å²) in [6.45, 7) is 2.62. The van der Waals surface area contributed by atoms with Gasteiger partial charge in [-0.2, -0.15) is 0 Å². The molecule has 1 aromatic rings. The minimum absolute atomic E-state index is 0.673.